The maximum absolute atomic E-state index is 11.7. The number of aliphatic hydroxyl groups excluding tert-OH is 1. The molecule has 1 aliphatic rings. The van der Waals surface area contributed by atoms with Crippen molar-refractivity contribution in [2.75, 3.05) is 13.2 Å². The lowest BCUT2D eigenvalue weighted by atomic mass is 9.91. The van der Waals surface area contributed by atoms with Crippen molar-refractivity contribution in [3.63, 3.8) is 0 Å². The van der Waals surface area contributed by atoms with E-state index in [0.29, 0.717) is 6.61 Å². The third kappa shape index (κ3) is 8.12. The van der Waals surface area contributed by atoms with Crippen molar-refractivity contribution in [3.05, 3.63) is 144 Å². The number of aliphatic hydroxyl groups is 2. The van der Waals surface area contributed by atoms with Gasteiger partial charge in [0.2, 0.25) is 5.79 Å². The second-order valence-electron chi connectivity index (χ2n) is 10.4. The second kappa shape index (κ2) is 15.2. The Kier molecular flexibility index (Phi) is 10.9. The van der Waals surface area contributed by atoms with E-state index in [9.17, 15) is 10.2 Å². The Morgan fingerprint density at radius 1 is 0.548 bits per heavy atom. The van der Waals surface area contributed by atoms with Crippen LogP contribution in [0.1, 0.15) is 22.3 Å². The van der Waals surface area contributed by atoms with Crippen LogP contribution >= 0.6 is 0 Å². The van der Waals surface area contributed by atoms with Gasteiger partial charge in [0.15, 0.2) is 0 Å². The van der Waals surface area contributed by atoms with E-state index < -0.39 is 36.8 Å². The van der Waals surface area contributed by atoms with Gasteiger partial charge in [-0.3, -0.25) is 0 Å². The summed E-state index contributed by atoms with van der Waals surface area (Å²) in [6, 6.07) is 39.1. The summed E-state index contributed by atoms with van der Waals surface area (Å²) in [5, 5.41) is 22.1. The van der Waals surface area contributed by atoms with Gasteiger partial charge in [-0.25, -0.2) is 0 Å². The molecule has 1 heterocycles. The predicted octanol–water partition coefficient (Wildman–Crippen LogP) is 5.04. The third-order valence-corrected chi connectivity index (χ3v) is 7.25. The van der Waals surface area contributed by atoms with Crippen molar-refractivity contribution in [2.24, 2.45) is 0 Å². The standard InChI is InChI=1S/C35H38O7/c36-26-35(37)34(41-24-30-19-11-4-12-20-30)33(40-23-29-17-9-3-10-18-29)32(39-22-28-15-7-2-8-16-28)31(42-35)25-38-21-27-13-5-1-6-14-27/h1-20,31-34,36-37H,21-26H2/t31?,32-,33?,34?,35+/m1/s1. The van der Waals surface area contributed by atoms with Crippen LogP contribution in [-0.4, -0.2) is 53.6 Å². The van der Waals surface area contributed by atoms with Crippen molar-refractivity contribution in [3.8, 4) is 0 Å². The molecule has 220 valence electrons. The molecule has 5 rings (SSSR count). The molecule has 3 unspecified atom stereocenters. The van der Waals surface area contributed by atoms with Crippen LogP contribution in [0, 0.1) is 0 Å². The zero-order chi connectivity index (χ0) is 29.0. The average Bonchev–Trinajstić information content (AvgIpc) is 3.05. The third-order valence-electron chi connectivity index (χ3n) is 7.25. The van der Waals surface area contributed by atoms with E-state index in [4.69, 9.17) is 23.7 Å². The summed E-state index contributed by atoms with van der Waals surface area (Å²) in [5.41, 5.74) is 3.85. The smallest absolute Gasteiger partial charge is 0.219 e. The van der Waals surface area contributed by atoms with Gasteiger partial charge in [-0.15, -0.1) is 0 Å². The summed E-state index contributed by atoms with van der Waals surface area (Å²) < 4.78 is 31.6. The van der Waals surface area contributed by atoms with E-state index in [0.717, 1.165) is 22.3 Å². The van der Waals surface area contributed by atoms with Gasteiger partial charge >= 0.3 is 0 Å². The molecule has 0 saturated carbocycles. The van der Waals surface area contributed by atoms with Gasteiger partial charge in [-0.2, -0.15) is 0 Å². The first kappa shape index (κ1) is 30.1. The molecular weight excluding hydrogens is 532 g/mol. The lowest BCUT2D eigenvalue weighted by molar-refractivity contribution is -0.377. The molecule has 1 aliphatic heterocycles. The topological polar surface area (TPSA) is 86.6 Å². The van der Waals surface area contributed by atoms with Crippen LogP contribution in [0.3, 0.4) is 0 Å². The van der Waals surface area contributed by atoms with Gasteiger partial charge in [0, 0.05) is 0 Å². The molecule has 7 nitrogen and oxygen atoms in total. The van der Waals surface area contributed by atoms with Crippen molar-refractivity contribution < 1.29 is 33.9 Å². The largest absolute Gasteiger partial charge is 0.391 e. The maximum Gasteiger partial charge on any atom is 0.219 e. The Bertz CT molecular complexity index is 1310. The molecule has 42 heavy (non-hydrogen) atoms. The normalized spacial score (nSPS) is 24.0. The van der Waals surface area contributed by atoms with Gasteiger partial charge in [0.05, 0.1) is 39.6 Å². The number of benzene rings is 4. The van der Waals surface area contributed by atoms with Crippen LogP contribution in [0.4, 0.5) is 0 Å². The molecule has 1 fully saturated rings. The van der Waals surface area contributed by atoms with Crippen LogP contribution in [0.5, 0.6) is 0 Å². The van der Waals surface area contributed by atoms with Crippen LogP contribution in [-0.2, 0) is 50.1 Å². The lowest BCUT2D eigenvalue weighted by Crippen LogP contribution is -2.68. The first-order valence-electron chi connectivity index (χ1n) is 14.2. The number of rotatable bonds is 14. The number of hydrogen-bond donors (Lipinski definition) is 2. The Hall–Kier alpha value is -3.40. The van der Waals surface area contributed by atoms with Gasteiger partial charge in [-0.05, 0) is 22.3 Å². The molecule has 4 aromatic carbocycles. The van der Waals surface area contributed by atoms with Crippen LogP contribution in [0.2, 0.25) is 0 Å². The predicted molar refractivity (Wildman–Crippen MR) is 158 cm³/mol. The molecule has 4 aromatic rings. The summed E-state index contributed by atoms with van der Waals surface area (Å²) in [6.07, 6.45) is -3.30. The zero-order valence-corrected chi connectivity index (χ0v) is 23.5. The lowest BCUT2D eigenvalue weighted by Gasteiger charge is -2.49. The highest BCUT2D eigenvalue weighted by Gasteiger charge is 2.56. The van der Waals surface area contributed by atoms with Gasteiger partial charge in [-0.1, -0.05) is 121 Å². The molecule has 0 spiro atoms. The molecule has 7 heteroatoms. The molecule has 2 N–H and O–H groups in total. The van der Waals surface area contributed by atoms with Crippen LogP contribution in [0.15, 0.2) is 121 Å². The number of hydrogen-bond acceptors (Lipinski definition) is 7. The summed E-state index contributed by atoms with van der Waals surface area (Å²) in [7, 11) is 0. The highest BCUT2D eigenvalue weighted by molar-refractivity contribution is 5.16. The first-order chi connectivity index (χ1) is 20.6. The fourth-order valence-corrected chi connectivity index (χ4v) is 5.06. The molecular formula is C35H38O7. The van der Waals surface area contributed by atoms with Crippen molar-refractivity contribution >= 4 is 0 Å². The van der Waals surface area contributed by atoms with Crippen LogP contribution < -0.4 is 0 Å². The van der Waals surface area contributed by atoms with Crippen LogP contribution in [0.25, 0.3) is 0 Å². The fourth-order valence-electron chi connectivity index (χ4n) is 5.06. The highest BCUT2D eigenvalue weighted by atomic mass is 16.7. The minimum atomic E-state index is -2.05. The maximum atomic E-state index is 11.7. The Morgan fingerprint density at radius 2 is 0.952 bits per heavy atom. The SMILES string of the molecule is OC[C@]1(O)OC(COCc2ccccc2)[C@@H](OCc2ccccc2)C(OCc2ccccc2)C1OCc1ccccc1. The quantitative estimate of drug-likeness (QED) is 0.220. The molecule has 5 atom stereocenters. The van der Waals surface area contributed by atoms with E-state index in [-0.39, 0.29) is 26.4 Å². The van der Waals surface area contributed by atoms with Crippen molar-refractivity contribution in [2.45, 2.75) is 56.6 Å². The fraction of sp³-hybridized carbons (Fsp3) is 0.314. The minimum absolute atomic E-state index is 0.104. The summed E-state index contributed by atoms with van der Waals surface area (Å²) in [4.78, 5) is 0. The Labute approximate surface area is 247 Å². The zero-order valence-electron chi connectivity index (χ0n) is 23.5. The highest BCUT2D eigenvalue weighted by Crippen LogP contribution is 2.35. The van der Waals surface area contributed by atoms with E-state index in [2.05, 4.69) is 0 Å². The molecule has 0 radical (unpaired) electrons. The summed E-state index contributed by atoms with van der Waals surface area (Å²) in [5.74, 6) is -2.05. The van der Waals surface area contributed by atoms with Crippen molar-refractivity contribution in [1.29, 1.82) is 0 Å². The van der Waals surface area contributed by atoms with Gasteiger partial charge < -0.3 is 33.9 Å². The molecule has 1 saturated heterocycles. The first-order valence-corrected chi connectivity index (χ1v) is 14.2. The van der Waals surface area contributed by atoms with E-state index >= 15 is 0 Å². The molecule has 0 bridgehead atoms. The number of ether oxygens (including phenoxy) is 5. The van der Waals surface area contributed by atoms with E-state index in [1.54, 1.807) is 0 Å². The molecule has 0 aliphatic carbocycles. The Balaban J connectivity index is 1.42. The van der Waals surface area contributed by atoms with Gasteiger partial charge in [0.25, 0.3) is 0 Å². The summed E-state index contributed by atoms with van der Waals surface area (Å²) >= 11 is 0. The van der Waals surface area contributed by atoms with E-state index in [1.807, 2.05) is 121 Å². The average molecular weight is 571 g/mol. The monoisotopic (exact) mass is 570 g/mol. The molecule has 0 amide bonds. The van der Waals surface area contributed by atoms with Crippen molar-refractivity contribution in [1.82, 2.24) is 0 Å². The van der Waals surface area contributed by atoms with Gasteiger partial charge in [0.1, 0.15) is 24.4 Å². The Morgan fingerprint density at radius 3 is 1.40 bits per heavy atom. The summed E-state index contributed by atoms with van der Waals surface area (Å²) in [6.45, 7) is 0.487. The second-order valence-corrected chi connectivity index (χ2v) is 10.4. The molecule has 0 aromatic heterocycles. The van der Waals surface area contributed by atoms with E-state index in [1.165, 1.54) is 0 Å². The minimum Gasteiger partial charge on any atom is -0.391 e.